The van der Waals surface area contributed by atoms with Crippen LogP contribution in [0.4, 0.5) is 0 Å². The standard InChI is InChI=1S/C21H17ClN2O2/c22-20-12-5-4-10-18(20)15-26-19-11-6-7-16(13-19)14-23-24-21(25)17-8-2-1-3-9-17/h1-14H,15H2,(H,24,25)/b23-14-. The maximum atomic E-state index is 11.9. The summed E-state index contributed by atoms with van der Waals surface area (Å²) in [4.78, 5) is 11.9. The van der Waals surface area contributed by atoms with E-state index in [2.05, 4.69) is 10.5 Å². The molecule has 0 fully saturated rings. The topological polar surface area (TPSA) is 50.7 Å². The third-order valence-corrected chi connectivity index (χ3v) is 3.99. The highest BCUT2D eigenvalue weighted by Crippen LogP contribution is 2.19. The molecule has 130 valence electrons. The molecule has 3 aromatic rings. The molecule has 0 aliphatic heterocycles. The predicted molar refractivity (Wildman–Crippen MR) is 104 cm³/mol. The monoisotopic (exact) mass is 364 g/mol. The number of hydrogen-bond donors (Lipinski definition) is 1. The van der Waals surface area contributed by atoms with Crippen molar-refractivity contribution in [3.63, 3.8) is 0 Å². The first-order valence-corrected chi connectivity index (χ1v) is 8.45. The van der Waals surface area contributed by atoms with Crippen LogP contribution in [-0.4, -0.2) is 12.1 Å². The second-order valence-corrected chi connectivity index (χ2v) is 5.92. The van der Waals surface area contributed by atoms with Crippen LogP contribution in [-0.2, 0) is 6.61 Å². The molecule has 0 saturated carbocycles. The van der Waals surface area contributed by atoms with Gasteiger partial charge >= 0.3 is 0 Å². The summed E-state index contributed by atoms with van der Waals surface area (Å²) in [5.41, 5.74) is 4.80. The molecule has 0 spiro atoms. The van der Waals surface area contributed by atoms with Crippen LogP contribution in [0.5, 0.6) is 5.75 Å². The first kappa shape index (κ1) is 17.7. The summed E-state index contributed by atoms with van der Waals surface area (Å²) >= 11 is 6.13. The molecule has 1 amide bonds. The van der Waals surface area contributed by atoms with Gasteiger partial charge in [-0.1, -0.05) is 60.1 Å². The van der Waals surface area contributed by atoms with Crippen LogP contribution < -0.4 is 10.2 Å². The van der Waals surface area contributed by atoms with E-state index in [9.17, 15) is 4.79 Å². The van der Waals surface area contributed by atoms with E-state index >= 15 is 0 Å². The zero-order chi connectivity index (χ0) is 18.2. The Morgan fingerprint density at radius 3 is 2.58 bits per heavy atom. The van der Waals surface area contributed by atoms with E-state index in [4.69, 9.17) is 16.3 Å². The zero-order valence-corrected chi connectivity index (χ0v) is 14.7. The van der Waals surface area contributed by atoms with Crippen molar-refractivity contribution < 1.29 is 9.53 Å². The Morgan fingerprint density at radius 1 is 1.00 bits per heavy atom. The first-order valence-electron chi connectivity index (χ1n) is 8.07. The third-order valence-electron chi connectivity index (χ3n) is 3.63. The van der Waals surface area contributed by atoms with Crippen LogP contribution in [0.2, 0.25) is 5.02 Å². The normalized spacial score (nSPS) is 10.7. The van der Waals surface area contributed by atoms with E-state index in [-0.39, 0.29) is 5.91 Å². The maximum absolute atomic E-state index is 11.9. The van der Waals surface area contributed by atoms with Gasteiger partial charge in [0.25, 0.3) is 5.91 Å². The van der Waals surface area contributed by atoms with Crippen molar-refractivity contribution in [2.24, 2.45) is 5.10 Å². The van der Waals surface area contributed by atoms with Crippen molar-refractivity contribution in [2.75, 3.05) is 0 Å². The van der Waals surface area contributed by atoms with Crippen LogP contribution in [0.15, 0.2) is 84.0 Å². The number of hydrazone groups is 1. The van der Waals surface area contributed by atoms with Gasteiger partial charge in [0.1, 0.15) is 12.4 Å². The summed E-state index contributed by atoms with van der Waals surface area (Å²) in [7, 11) is 0. The number of amides is 1. The van der Waals surface area contributed by atoms with Crippen molar-refractivity contribution in [2.45, 2.75) is 6.61 Å². The lowest BCUT2D eigenvalue weighted by molar-refractivity contribution is 0.0955. The Kier molecular flexibility index (Phi) is 6.01. The van der Waals surface area contributed by atoms with Gasteiger partial charge in [-0.25, -0.2) is 5.43 Å². The molecule has 0 atom stereocenters. The summed E-state index contributed by atoms with van der Waals surface area (Å²) in [6, 6.07) is 23.9. The lowest BCUT2D eigenvalue weighted by Crippen LogP contribution is -2.17. The van der Waals surface area contributed by atoms with Gasteiger partial charge in [0.15, 0.2) is 0 Å². The summed E-state index contributed by atoms with van der Waals surface area (Å²) < 4.78 is 5.78. The van der Waals surface area contributed by atoms with Gasteiger partial charge in [-0.2, -0.15) is 5.10 Å². The minimum atomic E-state index is -0.257. The quantitative estimate of drug-likeness (QED) is 0.510. The van der Waals surface area contributed by atoms with Crippen molar-refractivity contribution in [3.05, 3.63) is 101 Å². The minimum Gasteiger partial charge on any atom is -0.489 e. The highest BCUT2D eigenvalue weighted by Gasteiger charge is 2.03. The number of rotatable bonds is 6. The average molecular weight is 365 g/mol. The van der Waals surface area contributed by atoms with Gasteiger partial charge in [0.05, 0.1) is 6.21 Å². The summed E-state index contributed by atoms with van der Waals surface area (Å²) in [5.74, 6) is 0.441. The van der Waals surface area contributed by atoms with Gasteiger partial charge in [-0.15, -0.1) is 0 Å². The molecule has 0 aromatic heterocycles. The zero-order valence-electron chi connectivity index (χ0n) is 13.9. The van der Waals surface area contributed by atoms with Crippen LogP contribution in [0, 0.1) is 0 Å². The fourth-order valence-electron chi connectivity index (χ4n) is 2.28. The van der Waals surface area contributed by atoms with E-state index in [1.807, 2.05) is 54.6 Å². The number of carbonyl (C=O) groups excluding carboxylic acids is 1. The van der Waals surface area contributed by atoms with Crippen molar-refractivity contribution >= 4 is 23.7 Å². The van der Waals surface area contributed by atoms with Crippen LogP contribution in [0.1, 0.15) is 21.5 Å². The largest absolute Gasteiger partial charge is 0.489 e. The van der Waals surface area contributed by atoms with Crippen molar-refractivity contribution in [3.8, 4) is 5.75 Å². The van der Waals surface area contributed by atoms with E-state index in [0.717, 1.165) is 11.1 Å². The van der Waals surface area contributed by atoms with Crippen molar-refractivity contribution in [1.82, 2.24) is 5.43 Å². The Labute approximate surface area is 157 Å². The van der Waals surface area contributed by atoms with Crippen LogP contribution in [0.3, 0.4) is 0 Å². The molecule has 0 unspecified atom stereocenters. The molecular weight excluding hydrogens is 348 g/mol. The number of ether oxygens (including phenoxy) is 1. The number of halogens is 1. The maximum Gasteiger partial charge on any atom is 0.271 e. The van der Waals surface area contributed by atoms with Crippen molar-refractivity contribution in [1.29, 1.82) is 0 Å². The number of nitrogens with one attached hydrogen (secondary N) is 1. The van der Waals surface area contributed by atoms with Gasteiger partial charge in [-0.05, 0) is 35.9 Å². The van der Waals surface area contributed by atoms with Crippen LogP contribution >= 0.6 is 11.6 Å². The molecule has 0 heterocycles. The molecular formula is C21H17ClN2O2. The molecule has 0 aliphatic carbocycles. The lowest BCUT2D eigenvalue weighted by Gasteiger charge is -2.08. The minimum absolute atomic E-state index is 0.257. The third kappa shape index (κ3) is 4.94. The highest BCUT2D eigenvalue weighted by atomic mass is 35.5. The number of carbonyl (C=O) groups is 1. The molecule has 26 heavy (non-hydrogen) atoms. The second-order valence-electron chi connectivity index (χ2n) is 5.52. The SMILES string of the molecule is O=C(N/N=C\c1cccc(OCc2ccccc2Cl)c1)c1ccccc1. The Balaban J connectivity index is 1.58. The average Bonchev–Trinajstić information content (AvgIpc) is 2.68. The molecule has 0 radical (unpaired) electrons. The smallest absolute Gasteiger partial charge is 0.271 e. The molecule has 1 N–H and O–H groups in total. The summed E-state index contributed by atoms with van der Waals surface area (Å²) in [6.07, 6.45) is 1.57. The summed E-state index contributed by atoms with van der Waals surface area (Å²) in [6.45, 7) is 0.380. The predicted octanol–water partition coefficient (Wildman–Crippen LogP) is 4.68. The van der Waals surface area contributed by atoms with E-state index in [1.54, 1.807) is 30.5 Å². The molecule has 0 aliphatic rings. The molecule has 4 nitrogen and oxygen atoms in total. The van der Waals surface area contributed by atoms with Gasteiger partial charge < -0.3 is 4.74 Å². The van der Waals surface area contributed by atoms with E-state index < -0.39 is 0 Å². The molecule has 5 heteroatoms. The molecule has 0 bridgehead atoms. The molecule has 3 rings (SSSR count). The van der Waals surface area contributed by atoms with E-state index in [0.29, 0.717) is 22.9 Å². The van der Waals surface area contributed by atoms with Crippen LogP contribution in [0.25, 0.3) is 0 Å². The fraction of sp³-hybridized carbons (Fsp3) is 0.0476. The Morgan fingerprint density at radius 2 is 1.77 bits per heavy atom. The summed E-state index contributed by atoms with van der Waals surface area (Å²) in [5, 5.41) is 4.67. The number of nitrogens with zero attached hydrogens (tertiary/aromatic N) is 1. The lowest BCUT2D eigenvalue weighted by atomic mass is 10.2. The number of hydrogen-bond acceptors (Lipinski definition) is 3. The molecule has 3 aromatic carbocycles. The highest BCUT2D eigenvalue weighted by molar-refractivity contribution is 6.31. The van der Waals surface area contributed by atoms with E-state index in [1.165, 1.54) is 0 Å². The van der Waals surface area contributed by atoms with Gasteiger partial charge in [0.2, 0.25) is 0 Å². The Bertz CT molecular complexity index is 911. The van der Waals surface area contributed by atoms with Gasteiger partial charge in [-0.3, -0.25) is 4.79 Å². The fourth-order valence-corrected chi connectivity index (χ4v) is 2.47. The Hall–Kier alpha value is -3.11. The second kappa shape index (κ2) is 8.83. The molecule has 0 saturated heterocycles. The number of benzene rings is 3. The first-order chi connectivity index (χ1) is 12.7. The van der Waals surface area contributed by atoms with Gasteiger partial charge in [0, 0.05) is 16.1 Å².